The second-order valence-corrected chi connectivity index (χ2v) is 4.13. The number of para-hydroxylation sites is 1. The second kappa shape index (κ2) is 7.66. The van der Waals surface area contributed by atoms with Crippen LogP contribution in [-0.2, 0) is 20.5 Å². The minimum Gasteiger partial charge on any atom is -0.485 e. The van der Waals surface area contributed by atoms with Crippen LogP contribution in [0.2, 0.25) is 0 Å². The third kappa shape index (κ3) is 5.85. The highest BCUT2D eigenvalue weighted by Crippen LogP contribution is 2.35. The molecule has 0 heterocycles. The number of alkyl halides is 3. The average Bonchev–Trinajstić information content (AvgIpc) is 2.42. The summed E-state index contributed by atoms with van der Waals surface area (Å²) in [6.07, 6.45) is -4.80. The van der Waals surface area contributed by atoms with Crippen molar-refractivity contribution in [2.24, 2.45) is 0 Å². The topological polar surface area (TPSA) is 52.6 Å². The monoisotopic (exact) mass is 304 g/mol. The highest BCUT2D eigenvalue weighted by molar-refractivity contribution is 5.84. The summed E-state index contributed by atoms with van der Waals surface area (Å²) in [5.41, 5.74) is -0.941. The van der Waals surface area contributed by atoms with Gasteiger partial charge in [-0.2, -0.15) is 13.2 Å². The third-order valence-electron chi connectivity index (χ3n) is 2.49. The summed E-state index contributed by atoms with van der Waals surface area (Å²) in [5, 5.41) is 0. The first kappa shape index (κ1) is 17.0. The fraction of sp³-hybridized carbons (Fsp3) is 0.429. The molecule has 0 atom stereocenters. The van der Waals surface area contributed by atoms with E-state index < -0.39 is 35.8 Å². The Morgan fingerprint density at radius 3 is 2.43 bits per heavy atom. The van der Waals surface area contributed by atoms with Gasteiger partial charge in [-0.25, -0.2) is 0 Å². The number of benzene rings is 1. The minimum absolute atomic E-state index is 0.114. The van der Waals surface area contributed by atoms with Gasteiger partial charge in [0.15, 0.2) is 5.78 Å². The van der Waals surface area contributed by atoms with Crippen molar-refractivity contribution in [2.45, 2.75) is 25.9 Å². The van der Waals surface area contributed by atoms with Gasteiger partial charge in [-0.3, -0.25) is 9.59 Å². The Kier molecular flexibility index (Phi) is 6.20. The quantitative estimate of drug-likeness (QED) is 0.727. The van der Waals surface area contributed by atoms with Crippen LogP contribution in [0.5, 0.6) is 5.75 Å². The second-order valence-electron chi connectivity index (χ2n) is 4.13. The molecule has 0 saturated heterocycles. The van der Waals surface area contributed by atoms with E-state index in [1.807, 2.05) is 0 Å². The summed E-state index contributed by atoms with van der Waals surface area (Å²) in [4.78, 5) is 22.5. The lowest BCUT2D eigenvalue weighted by atomic mass is 10.2. The maximum absolute atomic E-state index is 12.7. The van der Waals surface area contributed by atoms with Gasteiger partial charge in [0.2, 0.25) is 0 Å². The Hall–Kier alpha value is -2.05. The van der Waals surface area contributed by atoms with Crippen LogP contribution in [-0.4, -0.2) is 25.0 Å². The van der Waals surface area contributed by atoms with Gasteiger partial charge in [-0.1, -0.05) is 12.1 Å². The molecule has 0 N–H and O–H groups in total. The van der Waals surface area contributed by atoms with Crippen LogP contribution >= 0.6 is 0 Å². The van der Waals surface area contributed by atoms with Crippen LogP contribution in [0.1, 0.15) is 25.3 Å². The zero-order valence-corrected chi connectivity index (χ0v) is 11.4. The molecule has 1 rings (SSSR count). The van der Waals surface area contributed by atoms with Gasteiger partial charge >= 0.3 is 12.1 Å². The number of hydrogen-bond donors (Lipinski definition) is 0. The molecule has 0 bridgehead atoms. The predicted octanol–water partition coefficient (Wildman–Crippen LogP) is 3.00. The van der Waals surface area contributed by atoms with Crippen molar-refractivity contribution < 1.29 is 32.2 Å². The van der Waals surface area contributed by atoms with Crippen molar-refractivity contribution in [1.82, 2.24) is 0 Å². The van der Waals surface area contributed by atoms with Crippen LogP contribution in [0.15, 0.2) is 24.3 Å². The van der Waals surface area contributed by atoms with Crippen LogP contribution in [0.3, 0.4) is 0 Å². The number of ketones is 1. The van der Waals surface area contributed by atoms with Gasteiger partial charge < -0.3 is 9.47 Å². The first-order chi connectivity index (χ1) is 9.84. The Morgan fingerprint density at radius 1 is 1.14 bits per heavy atom. The number of Topliss-reactive ketones (excluding diaryl/α,β-unsaturated/α-hetero) is 1. The van der Waals surface area contributed by atoms with Crippen LogP contribution in [0.4, 0.5) is 13.2 Å². The highest BCUT2D eigenvalue weighted by Gasteiger charge is 2.34. The summed E-state index contributed by atoms with van der Waals surface area (Å²) in [6, 6.07) is 4.63. The third-order valence-corrected chi connectivity index (χ3v) is 2.49. The maximum atomic E-state index is 12.7. The lowest BCUT2D eigenvalue weighted by Crippen LogP contribution is -2.16. The number of carbonyl (C=O) groups is 2. The molecule has 21 heavy (non-hydrogen) atoms. The van der Waals surface area contributed by atoms with E-state index in [-0.39, 0.29) is 19.4 Å². The fourth-order valence-corrected chi connectivity index (χ4v) is 1.53. The number of esters is 1. The Bertz CT molecular complexity index is 497. The van der Waals surface area contributed by atoms with Gasteiger partial charge in [0.25, 0.3) is 0 Å². The summed E-state index contributed by atoms with van der Waals surface area (Å²) in [6.45, 7) is 1.33. The van der Waals surface area contributed by atoms with Gasteiger partial charge in [0.05, 0.1) is 18.6 Å². The standard InChI is InChI=1S/C14H15F3O4/c1-2-20-13(19)8-7-10(18)9-21-12-6-4-3-5-11(12)14(15,16)17/h3-6H,2,7-9H2,1H3. The van der Waals surface area contributed by atoms with Crippen molar-refractivity contribution in [3.8, 4) is 5.75 Å². The average molecular weight is 304 g/mol. The predicted molar refractivity (Wildman–Crippen MR) is 67.8 cm³/mol. The molecule has 0 aliphatic carbocycles. The van der Waals surface area contributed by atoms with Gasteiger partial charge in [-0.15, -0.1) is 0 Å². The number of hydrogen-bond acceptors (Lipinski definition) is 4. The first-order valence-corrected chi connectivity index (χ1v) is 6.31. The lowest BCUT2D eigenvalue weighted by Gasteiger charge is -2.13. The van der Waals surface area contributed by atoms with E-state index in [1.165, 1.54) is 12.1 Å². The highest BCUT2D eigenvalue weighted by atomic mass is 19.4. The van der Waals surface area contributed by atoms with Crippen LogP contribution < -0.4 is 4.74 Å². The SMILES string of the molecule is CCOC(=O)CCC(=O)COc1ccccc1C(F)(F)F. The normalized spacial score (nSPS) is 11.0. The van der Waals surface area contributed by atoms with Crippen LogP contribution in [0.25, 0.3) is 0 Å². The molecular weight excluding hydrogens is 289 g/mol. The van der Waals surface area contributed by atoms with Gasteiger partial charge in [0.1, 0.15) is 12.4 Å². The van der Waals surface area contributed by atoms with Crippen molar-refractivity contribution in [2.75, 3.05) is 13.2 Å². The molecule has 7 heteroatoms. The van der Waals surface area contributed by atoms with E-state index in [0.717, 1.165) is 12.1 Å². The Labute approximate surface area is 119 Å². The number of ether oxygens (including phenoxy) is 2. The maximum Gasteiger partial charge on any atom is 0.419 e. The van der Waals surface area contributed by atoms with E-state index >= 15 is 0 Å². The van der Waals surface area contributed by atoms with Crippen molar-refractivity contribution in [3.63, 3.8) is 0 Å². The van der Waals surface area contributed by atoms with Crippen molar-refractivity contribution in [1.29, 1.82) is 0 Å². The molecule has 0 aliphatic heterocycles. The zero-order valence-electron chi connectivity index (χ0n) is 11.4. The summed E-state index contributed by atoms with van der Waals surface area (Å²) < 4.78 is 47.6. The molecule has 0 saturated carbocycles. The summed E-state index contributed by atoms with van der Waals surface area (Å²) in [5.74, 6) is -1.41. The van der Waals surface area contributed by atoms with Crippen molar-refractivity contribution in [3.05, 3.63) is 29.8 Å². The van der Waals surface area contributed by atoms with Gasteiger partial charge in [-0.05, 0) is 19.1 Å². The van der Waals surface area contributed by atoms with E-state index in [4.69, 9.17) is 4.74 Å². The molecular formula is C14H15F3O4. The molecule has 0 spiro atoms. The largest absolute Gasteiger partial charge is 0.485 e. The summed E-state index contributed by atoms with van der Waals surface area (Å²) in [7, 11) is 0. The zero-order chi connectivity index (χ0) is 15.9. The van der Waals surface area contributed by atoms with E-state index in [1.54, 1.807) is 6.92 Å². The molecule has 1 aromatic rings. The van der Waals surface area contributed by atoms with Gasteiger partial charge in [0, 0.05) is 6.42 Å². The Balaban J connectivity index is 2.52. The number of halogens is 3. The van der Waals surface area contributed by atoms with E-state index in [9.17, 15) is 22.8 Å². The molecule has 0 radical (unpaired) electrons. The minimum atomic E-state index is -4.55. The lowest BCUT2D eigenvalue weighted by molar-refractivity contribution is -0.144. The van der Waals surface area contributed by atoms with Crippen LogP contribution in [0, 0.1) is 0 Å². The number of carbonyl (C=O) groups excluding carboxylic acids is 2. The fourth-order valence-electron chi connectivity index (χ4n) is 1.53. The molecule has 1 aromatic carbocycles. The van der Waals surface area contributed by atoms with E-state index in [2.05, 4.69) is 4.74 Å². The molecule has 0 fully saturated rings. The smallest absolute Gasteiger partial charge is 0.419 e. The molecule has 0 amide bonds. The molecule has 116 valence electrons. The molecule has 0 aromatic heterocycles. The molecule has 4 nitrogen and oxygen atoms in total. The molecule has 0 unspecified atom stereocenters. The number of rotatable bonds is 7. The van der Waals surface area contributed by atoms with Crippen molar-refractivity contribution >= 4 is 11.8 Å². The summed E-state index contributed by atoms with van der Waals surface area (Å²) >= 11 is 0. The first-order valence-electron chi connectivity index (χ1n) is 6.31. The Morgan fingerprint density at radius 2 is 1.81 bits per heavy atom. The molecule has 0 aliphatic rings. The van der Waals surface area contributed by atoms with E-state index in [0.29, 0.717) is 0 Å².